The molecule has 6 nitrogen and oxygen atoms in total. The summed E-state index contributed by atoms with van der Waals surface area (Å²) in [6.45, 7) is 0.459. The molecule has 0 saturated carbocycles. The predicted octanol–water partition coefficient (Wildman–Crippen LogP) is 2.32. The highest BCUT2D eigenvalue weighted by Gasteiger charge is 2.34. The van der Waals surface area contributed by atoms with Gasteiger partial charge in [0.1, 0.15) is 6.04 Å². The number of aliphatic carboxylic acids is 1. The van der Waals surface area contributed by atoms with Crippen molar-refractivity contribution in [2.24, 2.45) is 0 Å². The number of hydrogen-bond acceptors (Lipinski definition) is 3. The lowest BCUT2D eigenvalue weighted by molar-refractivity contribution is -0.141. The zero-order chi connectivity index (χ0) is 14.8. The number of hydrogen-bond donors (Lipinski definition) is 2. The van der Waals surface area contributed by atoms with Crippen molar-refractivity contribution >= 4 is 28.6 Å². The number of amides is 2. The van der Waals surface area contributed by atoms with Crippen molar-refractivity contribution < 1.29 is 14.7 Å². The smallest absolute Gasteiger partial charge is 0.326 e. The van der Waals surface area contributed by atoms with E-state index in [1.54, 1.807) is 12.3 Å². The first-order valence-electron chi connectivity index (χ1n) is 6.81. The van der Waals surface area contributed by atoms with Gasteiger partial charge in [-0.05, 0) is 25.0 Å². The molecule has 2 heterocycles. The Morgan fingerprint density at radius 2 is 2.10 bits per heavy atom. The van der Waals surface area contributed by atoms with Crippen LogP contribution in [0, 0.1) is 0 Å². The molecule has 1 aromatic carbocycles. The lowest BCUT2D eigenvalue weighted by Crippen LogP contribution is -2.42. The Kier molecular flexibility index (Phi) is 3.43. The summed E-state index contributed by atoms with van der Waals surface area (Å²) >= 11 is 0. The van der Waals surface area contributed by atoms with Crippen LogP contribution in [0.3, 0.4) is 0 Å². The SMILES string of the molecule is O=C(O)[C@@H]1CCCN1C(=O)Nc1cccc2cccnc12. The molecule has 1 aromatic heterocycles. The molecule has 0 radical (unpaired) electrons. The molecule has 108 valence electrons. The van der Waals surface area contributed by atoms with E-state index in [0.717, 1.165) is 5.39 Å². The zero-order valence-electron chi connectivity index (χ0n) is 11.3. The number of carbonyl (C=O) groups is 2. The van der Waals surface area contributed by atoms with Crippen molar-refractivity contribution in [3.05, 3.63) is 36.5 Å². The van der Waals surface area contributed by atoms with Crippen LogP contribution in [-0.4, -0.2) is 39.6 Å². The fraction of sp³-hybridized carbons (Fsp3) is 0.267. The fourth-order valence-corrected chi connectivity index (χ4v) is 2.66. The Labute approximate surface area is 121 Å². The molecule has 0 bridgehead atoms. The standard InChI is InChI=1S/C15H15N3O3/c19-14(20)12-7-3-9-18(12)15(21)17-11-6-1-4-10-5-2-8-16-13(10)11/h1-2,4-6,8,12H,3,7,9H2,(H,17,21)(H,19,20)/t12-/m0/s1. The molecule has 3 rings (SSSR count). The largest absolute Gasteiger partial charge is 0.480 e. The van der Waals surface area contributed by atoms with Gasteiger partial charge < -0.3 is 15.3 Å². The number of para-hydroxylation sites is 1. The third-order valence-corrected chi connectivity index (χ3v) is 3.67. The lowest BCUT2D eigenvalue weighted by atomic mass is 10.2. The number of rotatable bonds is 2. The molecule has 6 heteroatoms. The Hall–Kier alpha value is -2.63. The second-order valence-electron chi connectivity index (χ2n) is 5.00. The summed E-state index contributed by atoms with van der Waals surface area (Å²) in [6, 6.07) is 8.11. The first-order valence-corrected chi connectivity index (χ1v) is 6.81. The molecule has 2 amide bonds. The van der Waals surface area contributed by atoms with Gasteiger partial charge in [-0.15, -0.1) is 0 Å². The number of nitrogens with one attached hydrogen (secondary N) is 1. The summed E-state index contributed by atoms with van der Waals surface area (Å²) in [4.78, 5) is 29.1. The average Bonchev–Trinajstić information content (AvgIpc) is 2.97. The number of carboxylic acid groups (broad SMARTS) is 1. The van der Waals surface area contributed by atoms with Gasteiger partial charge in [-0.2, -0.15) is 0 Å². The number of anilines is 1. The minimum Gasteiger partial charge on any atom is -0.480 e. The van der Waals surface area contributed by atoms with Gasteiger partial charge in [-0.25, -0.2) is 9.59 Å². The number of fused-ring (bicyclic) bond motifs is 1. The minimum atomic E-state index is -0.960. The van der Waals surface area contributed by atoms with E-state index in [1.807, 2.05) is 24.3 Å². The van der Waals surface area contributed by atoms with E-state index in [9.17, 15) is 9.59 Å². The van der Waals surface area contributed by atoms with Gasteiger partial charge in [-0.1, -0.05) is 18.2 Å². The fourth-order valence-electron chi connectivity index (χ4n) is 2.66. The van der Waals surface area contributed by atoms with Crippen molar-refractivity contribution in [3.8, 4) is 0 Å². The van der Waals surface area contributed by atoms with Crippen molar-refractivity contribution in [1.82, 2.24) is 9.88 Å². The quantitative estimate of drug-likeness (QED) is 0.887. The number of carbonyl (C=O) groups excluding carboxylic acids is 1. The molecule has 0 aliphatic carbocycles. The minimum absolute atomic E-state index is 0.391. The molecule has 2 aromatic rings. The molecule has 21 heavy (non-hydrogen) atoms. The number of benzene rings is 1. The number of aromatic nitrogens is 1. The normalized spacial score (nSPS) is 17.9. The Balaban J connectivity index is 1.85. The van der Waals surface area contributed by atoms with Gasteiger partial charge in [0.15, 0.2) is 0 Å². The highest BCUT2D eigenvalue weighted by molar-refractivity contribution is 6.00. The Morgan fingerprint density at radius 3 is 2.90 bits per heavy atom. The molecule has 1 aliphatic rings. The van der Waals surface area contributed by atoms with E-state index in [2.05, 4.69) is 10.3 Å². The van der Waals surface area contributed by atoms with Crippen molar-refractivity contribution in [2.75, 3.05) is 11.9 Å². The van der Waals surface area contributed by atoms with E-state index in [-0.39, 0.29) is 0 Å². The zero-order valence-corrected chi connectivity index (χ0v) is 11.3. The summed E-state index contributed by atoms with van der Waals surface area (Å²) in [5.41, 5.74) is 1.29. The lowest BCUT2D eigenvalue weighted by Gasteiger charge is -2.22. The van der Waals surface area contributed by atoms with Crippen LogP contribution in [0.4, 0.5) is 10.5 Å². The molecular formula is C15H15N3O3. The van der Waals surface area contributed by atoms with Crippen LogP contribution in [0.5, 0.6) is 0 Å². The van der Waals surface area contributed by atoms with Crippen LogP contribution in [0.2, 0.25) is 0 Å². The van der Waals surface area contributed by atoms with Gasteiger partial charge in [-0.3, -0.25) is 4.98 Å². The van der Waals surface area contributed by atoms with Gasteiger partial charge in [0, 0.05) is 18.1 Å². The van der Waals surface area contributed by atoms with E-state index in [0.29, 0.717) is 30.6 Å². The molecular weight excluding hydrogens is 270 g/mol. The van der Waals surface area contributed by atoms with Crippen LogP contribution in [0.25, 0.3) is 10.9 Å². The van der Waals surface area contributed by atoms with Crippen LogP contribution >= 0.6 is 0 Å². The van der Waals surface area contributed by atoms with E-state index in [1.165, 1.54) is 4.90 Å². The van der Waals surface area contributed by atoms with Crippen LogP contribution in [0.15, 0.2) is 36.5 Å². The number of carboxylic acids is 1. The Bertz CT molecular complexity index is 696. The number of urea groups is 1. The van der Waals surface area contributed by atoms with Crippen molar-refractivity contribution in [2.45, 2.75) is 18.9 Å². The molecule has 1 saturated heterocycles. The maximum Gasteiger partial charge on any atom is 0.326 e. The summed E-state index contributed by atoms with van der Waals surface area (Å²) in [5, 5.41) is 12.8. The van der Waals surface area contributed by atoms with Gasteiger partial charge >= 0.3 is 12.0 Å². The number of pyridine rings is 1. The summed E-state index contributed by atoms with van der Waals surface area (Å²) < 4.78 is 0. The number of nitrogens with zero attached hydrogens (tertiary/aromatic N) is 2. The molecule has 1 fully saturated rings. The second kappa shape index (κ2) is 5.40. The average molecular weight is 285 g/mol. The first kappa shape index (κ1) is 13.4. The number of likely N-dealkylation sites (tertiary alicyclic amines) is 1. The monoisotopic (exact) mass is 285 g/mol. The van der Waals surface area contributed by atoms with Gasteiger partial charge in [0.2, 0.25) is 0 Å². The molecule has 0 spiro atoms. The molecule has 1 atom stereocenters. The predicted molar refractivity (Wildman–Crippen MR) is 78.1 cm³/mol. The third-order valence-electron chi connectivity index (χ3n) is 3.67. The highest BCUT2D eigenvalue weighted by Crippen LogP contribution is 2.23. The van der Waals surface area contributed by atoms with Crippen molar-refractivity contribution in [3.63, 3.8) is 0 Å². The van der Waals surface area contributed by atoms with Gasteiger partial charge in [0.25, 0.3) is 0 Å². The van der Waals surface area contributed by atoms with E-state index < -0.39 is 18.0 Å². The topological polar surface area (TPSA) is 82.5 Å². The molecule has 0 unspecified atom stereocenters. The van der Waals surface area contributed by atoms with Gasteiger partial charge in [0.05, 0.1) is 11.2 Å². The summed E-state index contributed by atoms with van der Waals surface area (Å²) in [6.07, 6.45) is 2.86. The maximum atomic E-state index is 12.3. The van der Waals surface area contributed by atoms with E-state index in [4.69, 9.17) is 5.11 Å². The van der Waals surface area contributed by atoms with Crippen LogP contribution in [-0.2, 0) is 4.79 Å². The Morgan fingerprint density at radius 1 is 1.29 bits per heavy atom. The molecule has 2 N–H and O–H groups in total. The van der Waals surface area contributed by atoms with Crippen LogP contribution < -0.4 is 5.32 Å². The van der Waals surface area contributed by atoms with E-state index >= 15 is 0 Å². The summed E-state index contributed by atoms with van der Waals surface area (Å²) in [5.74, 6) is -0.960. The third kappa shape index (κ3) is 2.52. The van der Waals surface area contributed by atoms with Crippen molar-refractivity contribution in [1.29, 1.82) is 0 Å². The maximum absolute atomic E-state index is 12.3. The second-order valence-corrected chi connectivity index (χ2v) is 5.00. The first-order chi connectivity index (χ1) is 10.2. The summed E-state index contributed by atoms with van der Waals surface area (Å²) in [7, 11) is 0. The van der Waals surface area contributed by atoms with Crippen LogP contribution in [0.1, 0.15) is 12.8 Å². The molecule has 1 aliphatic heterocycles. The highest BCUT2D eigenvalue weighted by atomic mass is 16.4.